The second-order valence-electron chi connectivity index (χ2n) is 20.7. The summed E-state index contributed by atoms with van der Waals surface area (Å²) >= 11 is 0. The maximum absolute atomic E-state index is 15.0. The fraction of sp³-hybridized carbons (Fsp3) is 0.268. The van der Waals surface area contributed by atoms with E-state index in [1.807, 2.05) is 121 Å². The number of benzene rings is 8. The van der Waals surface area contributed by atoms with Crippen molar-refractivity contribution in [2.75, 3.05) is 42.7 Å². The molecule has 0 aromatic heterocycles. The van der Waals surface area contributed by atoms with Crippen molar-refractivity contribution in [2.24, 2.45) is 0 Å². The molecule has 14 heteroatoms. The quantitative estimate of drug-likeness (QED) is 0.0524. The van der Waals surface area contributed by atoms with Crippen LogP contribution in [-0.2, 0) is 15.9 Å². The maximum Gasteiger partial charge on any atom is 0.347 e. The summed E-state index contributed by atoms with van der Waals surface area (Å²) in [5.41, 5.74) is 9.62. The fourth-order valence-corrected chi connectivity index (χ4v) is 11.5. The van der Waals surface area contributed by atoms with Crippen molar-refractivity contribution in [3.8, 4) is 46.0 Å². The van der Waals surface area contributed by atoms with Gasteiger partial charge in [-0.15, -0.1) is 0 Å². The van der Waals surface area contributed by atoms with Gasteiger partial charge in [-0.05, 0) is 125 Å². The van der Waals surface area contributed by atoms with Crippen LogP contribution in [0.3, 0.4) is 0 Å². The Bertz CT molecular complexity index is 3500. The Labute approximate surface area is 497 Å². The van der Waals surface area contributed by atoms with Gasteiger partial charge in [0.15, 0.2) is 12.2 Å². The summed E-state index contributed by atoms with van der Waals surface area (Å²) < 4.78 is 61.6. The fourth-order valence-electron chi connectivity index (χ4n) is 11.5. The number of methoxy groups -OCH3 is 6. The number of esters is 4. The molecule has 8 aromatic carbocycles. The first kappa shape index (κ1) is 61.5. The summed E-state index contributed by atoms with van der Waals surface area (Å²) in [5.74, 6) is -0.703. The molecule has 0 atom stereocenters. The van der Waals surface area contributed by atoms with E-state index in [1.165, 1.54) is 42.7 Å². The molecule has 0 fully saturated rings. The minimum atomic E-state index is -0.751. The van der Waals surface area contributed by atoms with Gasteiger partial charge in [0.25, 0.3) is 0 Å². The van der Waals surface area contributed by atoms with Crippen molar-refractivity contribution in [2.45, 2.75) is 87.9 Å². The summed E-state index contributed by atoms with van der Waals surface area (Å²) in [6, 6.07) is 37.9. The van der Waals surface area contributed by atoms with Crippen LogP contribution in [0.4, 0.5) is 0 Å². The Kier molecular flexibility index (Phi) is 19.1. The van der Waals surface area contributed by atoms with Crippen molar-refractivity contribution in [1.29, 1.82) is 0 Å². The highest BCUT2D eigenvalue weighted by atomic mass is 16.6. The van der Waals surface area contributed by atoms with E-state index < -0.39 is 36.1 Å². The molecule has 0 bridgehead atoms. The number of hydrogen-bond donors (Lipinski definition) is 0. The van der Waals surface area contributed by atoms with E-state index in [-0.39, 0.29) is 63.2 Å². The first-order chi connectivity index (χ1) is 40.8. The number of rotatable bonds is 20. The molecule has 0 aliphatic rings. The Morgan fingerprint density at radius 2 is 0.518 bits per heavy atom. The maximum atomic E-state index is 15.0. The molecule has 8 rings (SSSR count). The van der Waals surface area contributed by atoms with Gasteiger partial charge >= 0.3 is 23.9 Å². The summed E-state index contributed by atoms with van der Waals surface area (Å²) in [6.45, 7) is 17.6. The highest BCUT2D eigenvalue weighted by molar-refractivity contribution is 6.01. The van der Waals surface area contributed by atoms with Crippen molar-refractivity contribution in [1.82, 2.24) is 0 Å². The van der Waals surface area contributed by atoms with Gasteiger partial charge in [-0.2, -0.15) is 0 Å². The number of ether oxygens (including phenoxy) is 10. The third kappa shape index (κ3) is 11.7. The van der Waals surface area contributed by atoms with Crippen LogP contribution in [-0.4, -0.2) is 66.5 Å². The molecule has 440 valence electrons. The Balaban J connectivity index is 1.16. The summed E-state index contributed by atoms with van der Waals surface area (Å²) in [4.78, 5) is 59.0. The zero-order valence-corrected chi connectivity index (χ0v) is 51.1. The molecule has 0 amide bonds. The van der Waals surface area contributed by atoms with Gasteiger partial charge in [0.1, 0.15) is 68.2 Å². The molecule has 0 N–H and O–H groups in total. The monoisotopic (exact) mass is 1150 g/mol. The molecule has 0 heterocycles. The Morgan fingerprint density at radius 1 is 0.282 bits per heavy atom. The topological polar surface area (TPSA) is 161 Å². The second-order valence-corrected chi connectivity index (χ2v) is 20.7. The molecule has 0 aliphatic heterocycles. The molecule has 0 radical (unpaired) electrons. The van der Waals surface area contributed by atoms with Gasteiger partial charge in [0.05, 0.1) is 42.7 Å². The normalized spacial score (nSPS) is 11.0. The third-order valence-electron chi connectivity index (χ3n) is 16.0. The van der Waals surface area contributed by atoms with Crippen molar-refractivity contribution < 1.29 is 66.5 Å². The molecule has 0 spiro atoms. The van der Waals surface area contributed by atoms with E-state index >= 15 is 9.59 Å². The van der Waals surface area contributed by atoms with Crippen molar-refractivity contribution in [3.05, 3.63) is 233 Å². The van der Waals surface area contributed by atoms with Gasteiger partial charge in [-0.25, -0.2) is 19.2 Å². The Morgan fingerprint density at radius 3 is 0.765 bits per heavy atom. The lowest BCUT2D eigenvalue weighted by molar-refractivity contribution is 0.0364. The number of hydrogen-bond acceptors (Lipinski definition) is 14. The minimum absolute atomic E-state index is 0.0732. The summed E-state index contributed by atoms with van der Waals surface area (Å²) in [7, 11) is 8.89. The van der Waals surface area contributed by atoms with E-state index in [1.54, 1.807) is 69.2 Å². The lowest BCUT2D eigenvalue weighted by atomic mass is 9.87. The molecule has 85 heavy (non-hydrogen) atoms. The first-order valence-corrected chi connectivity index (χ1v) is 27.7. The average molecular weight is 1150 g/mol. The van der Waals surface area contributed by atoms with Crippen LogP contribution >= 0.6 is 0 Å². The smallest absolute Gasteiger partial charge is 0.347 e. The van der Waals surface area contributed by atoms with Crippen LogP contribution in [0.25, 0.3) is 0 Å². The minimum Gasteiger partial charge on any atom is -0.496 e. The average Bonchev–Trinajstić information content (AvgIpc) is 1.16. The molecule has 0 saturated heterocycles. The van der Waals surface area contributed by atoms with Crippen molar-refractivity contribution in [3.63, 3.8) is 0 Å². The van der Waals surface area contributed by atoms with Crippen molar-refractivity contribution >= 4 is 23.9 Å². The molecule has 8 aromatic rings. The first-order valence-electron chi connectivity index (χ1n) is 27.7. The number of carbonyl (C=O) groups excluding carboxylic acids is 4. The van der Waals surface area contributed by atoms with E-state index in [2.05, 4.69) is 0 Å². The largest absolute Gasteiger partial charge is 0.496 e. The molecule has 14 nitrogen and oxygen atoms in total. The van der Waals surface area contributed by atoms with E-state index in [0.717, 1.165) is 22.3 Å². The zero-order valence-electron chi connectivity index (χ0n) is 51.1. The second kappa shape index (κ2) is 26.3. The van der Waals surface area contributed by atoms with Gasteiger partial charge in [-0.3, -0.25) is 0 Å². The lowest BCUT2D eigenvalue weighted by Gasteiger charge is -2.26. The predicted octanol–water partition coefficient (Wildman–Crippen LogP) is 14.7. The molecule has 0 aliphatic carbocycles. The number of carbonyl (C=O) groups is 4. The lowest BCUT2D eigenvalue weighted by Crippen LogP contribution is -2.20. The third-order valence-corrected chi connectivity index (χ3v) is 16.0. The van der Waals surface area contributed by atoms with Crippen LogP contribution < -0.4 is 37.9 Å². The van der Waals surface area contributed by atoms with Gasteiger partial charge in [0, 0.05) is 39.8 Å². The summed E-state index contributed by atoms with van der Waals surface area (Å²) in [5, 5.41) is 0. The standard InChI is InChI=1S/C71H72O14/c1-38-40(3)58(44(7)62(78-13)54(38)68(72)84-66(48-29-21-17-22-30-48)49-31-23-18-24-32-49)82-70(74)56-42(5)52(60(76-11)46(9)64(56)80-15)37-53-43(6)57(65(81-16)47(10)61(53)77-12)71(75)83-59-41(4)39(2)55(63(79-14)45(59)8)69(73)85-67(50-33-25-19-26-34-50)51-35-27-20-28-36-51/h17-36,66-67H,37H2,1-16H3. The van der Waals surface area contributed by atoms with E-state index in [9.17, 15) is 9.59 Å². The van der Waals surface area contributed by atoms with Crippen LogP contribution in [0.2, 0.25) is 0 Å². The molecule has 0 saturated carbocycles. The summed E-state index contributed by atoms with van der Waals surface area (Å²) in [6.07, 6.45) is -1.38. The van der Waals surface area contributed by atoms with Crippen LogP contribution in [0.1, 0.15) is 143 Å². The zero-order chi connectivity index (χ0) is 61.6. The highest BCUT2D eigenvalue weighted by Crippen LogP contribution is 2.47. The molecular formula is C71H72O14. The predicted molar refractivity (Wildman–Crippen MR) is 325 cm³/mol. The highest BCUT2D eigenvalue weighted by Gasteiger charge is 2.35. The van der Waals surface area contributed by atoms with Gasteiger partial charge < -0.3 is 47.4 Å². The Hall–Kier alpha value is -9.56. The van der Waals surface area contributed by atoms with Gasteiger partial charge in [-0.1, -0.05) is 121 Å². The van der Waals surface area contributed by atoms with Gasteiger partial charge in [0.2, 0.25) is 0 Å². The SMILES string of the molecule is COc1c(C)c(OC)c(C(=O)Oc2c(C)c(C)c(C(=O)OC(c3ccccc3)c3ccccc3)c(OC)c2C)c(C)c1Cc1c(C)c(C(=O)Oc2c(C)c(C)c(C(=O)OC(c3ccccc3)c3ccccc3)c(OC)c2C)c(OC)c(C)c1OC. The van der Waals surface area contributed by atoms with E-state index in [0.29, 0.717) is 78.3 Å². The molecular weight excluding hydrogens is 1080 g/mol. The van der Waals surface area contributed by atoms with E-state index in [4.69, 9.17) is 47.4 Å². The van der Waals surface area contributed by atoms with Crippen LogP contribution in [0.15, 0.2) is 121 Å². The van der Waals surface area contributed by atoms with Crippen LogP contribution in [0, 0.1) is 69.2 Å². The van der Waals surface area contributed by atoms with Crippen LogP contribution in [0.5, 0.6) is 46.0 Å². The molecule has 0 unspecified atom stereocenters.